The minimum absolute atomic E-state index is 0.00582. The number of benzene rings is 1. The van der Waals surface area contributed by atoms with Crippen molar-refractivity contribution < 1.29 is 4.79 Å². The van der Waals surface area contributed by atoms with Crippen LogP contribution in [0.25, 0.3) is 0 Å². The fourth-order valence-corrected chi connectivity index (χ4v) is 4.09. The second-order valence-electron chi connectivity index (χ2n) is 7.99. The number of aromatic nitrogens is 2. The van der Waals surface area contributed by atoms with Crippen LogP contribution in [-0.2, 0) is 6.42 Å². The summed E-state index contributed by atoms with van der Waals surface area (Å²) in [4.78, 5) is 19.0. The maximum absolute atomic E-state index is 12.6. The highest BCUT2D eigenvalue weighted by atomic mass is 16.2. The predicted molar refractivity (Wildman–Crippen MR) is 111 cm³/mol. The Balaban J connectivity index is 1.30. The predicted octanol–water partition coefficient (Wildman–Crippen LogP) is 2.32. The molecule has 0 unspecified atom stereocenters. The van der Waals surface area contributed by atoms with E-state index in [0.29, 0.717) is 5.69 Å². The third-order valence-electron chi connectivity index (χ3n) is 5.97. The second kappa shape index (κ2) is 8.69. The average Bonchev–Trinajstić information content (AvgIpc) is 2.75. The molecule has 6 heteroatoms. The summed E-state index contributed by atoms with van der Waals surface area (Å²) in [5.74, 6) is 1.60. The van der Waals surface area contributed by atoms with Crippen molar-refractivity contribution in [2.24, 2.45) is 5.92 Å². The zero-order valence-corrected chi connectivity index (χ0v) is 16.6. The van der Waals surface area contributed by atoms with Crippen LogP contribution in [0.5, 0.6) is 0 Å². The maximum atomic E-state index is 12.6. The highest BCUT2D eigenvalue weighted by Gasteiger charge is 2.23. The monoisotopic (exact) mass is 379 g/mol. The molecule has 3 heterocycles. The topological polar surface area (TPSA) is 52.6 Å². The Hall–Kier alpha value is -2.47. The van der Waals surface area contributed by atoms with Crippen LogP contribution >= 0.6 is 0 Å². The number of amides is 1. The van der Waals surface area contributed by atoms with Crippen LogP contribution in [0.1, 0.15) is 28.9 Å². The van der Waals surface area contributed by atoms with Gasteiger partial charge >= 0.3 is 0 Å². The van der Waals surface area contributed by atoms with E-state index in [9.17, 15) is 4.79 Å². The molecule has 148 valence electrons. The third kappa shape index (κ3) is 4.50. The van der Waals surface area contributed by atoms with Crippen LogP contribution in [0, 0.1) is 5.92 Å². The van der Waals surface area contributed by atoms with Gasteiger partial charge in [-0.2, -0.15) is 0 Å². The molecule has 0 spiro atoms. The SMILES string of the molecule is CN1CCN(C(=O)c2ccc(N3CCC(Cc4ccccc4)CC3)nn2)CC1. The summed E-state index contributed by atoms with van der Waals surface area (Å²) < 4.78 is 0. The van der Waals surface area contributed by atoms with Crippen molar-refractivity contribution in [2.45, 2.75) is 19.3 Å². The Morgan fingerprint density at radius 2 is 1.64 bits per heavy atom. The summed E-state index contributed by atoms with van der Waals surface area (Å²) in [6.07, 6.45) is 3.48. The van der Waals surface area contributed by atoms with Crippen molar-refractivity contribution in [3.63, 3.8) is 0 Å². The maximum Gasteiger partial charge on any atom is 0.274 e. The number of carbonyl (C=O) groups is 1. The molecule has 2 aliphatic heterocycles. The normalized spacial score (nSPS) is 19.0. The zero-order valence-electron chi connectivity index (χ0n) is 16.6. The first-order chi connectivity index (χ1) is 13.7. The van der Waals surface area contributed by atoms with Gasteiger partial charge in [0.15, 0.2) is 11.5 Å². The summed E-state index contributed by atoms with van der Waals surface area (Å²) in [5, 5.41) is 8.60. The van der Waals surface area contributed by atoms with E-state index in [4.69, 9.17) is 0 Å². The lowest BCUT2D eigenvalue weighted by Gasteiger charge is -2.33. The number of piperidine rings is 1. The van der Waals surface area contributed by atoms with E-state index in [1.807, 2.05) is 17.0 Å². The molecule has 4 rings (SSSR count). The summed E-state index contributed by atoms with van der Waals surface area (Å²) in [6.45, 7) is 5.33. The van der Waals surface area contributed by atoms with E-state index in [0.717, 1.165) is 57.4 Å². The van der Waals surface area contributed by atoms with Crippen molar-refractivity contribution in [2.75, 3.05) is 51.2 Å². The highest BCUT2D eigenvalue weighted by Crippen LogP contribution is 2.24. The quantitative estimate of drug-likeness (QED) is 0.816. The van der Waals surface area contributed by atoms with Gasteiger partial charge in [0.2, 0.25) is 0 Å². The molecule has 2 fully saturated rings. The number of carbonyl (C=O) groups excluding carboxylic acids is 1. The number of rotatable bonds is 4. The molecule has 2 aromatic rings. The van der Waals surface area contributed by atoms with Crippen LogP contribution in [0.4, 0.5) is 5.82 Å². The largest absolute Gasteiger partial charge is 0.355 e. The Kier molecular flexibility index (Phi) is 5.86. The molecule has 0 N–H and O–H groups in total. The van der Waals surface area contributed by atoms with Crippen molar-refractivity contribution in [3.8, 4) is 0 Å². The Morgan fingerprint density at radius 1 is 0.929 bits per heavy atom. The lowest BCUT2D eigenvalue weighted by molar-refractivity contribution is 0.0657. The summed E-state index contributed by atoms with van der Waals surface area (Å²) in [6, 6.07) is 14.5. The third-order valence-corrected chi connectivity index (χ3v) is 5.97. The molecule has 28 heavy (non-hydrogen) atoms. The van der Waals surface area contributed by atoms with Crippen LogP contribution in [-0.4, -0.2) is 72.2 Å². The summed E-state index contributed by atoms with van der Waals surface area (Å²) >= 11 is 0. The number of piperazine rings is 1. The first-order valence-corrected chi connectivity index (χ1v) is 10.3. The van der Waals surface area contributed by atoms with Gasteiger partial charge in [0.1, 0.15) is 0 Å². The number of hydrogen-bond donors (Lipinski definition) is 0. The van der Waals surface area contributed by atoms with E-state index in [2.05, 4.69) is 57.4 Å². The fraction of sp³-hybridized carbons (Fsp3) is 0.500. The summed E-state index contributed by atoms with van der Waals surface area (Å²) in [7, 11) is 2.08. The Bertz CT molecular complexity index is 763. The van der Waals surface area contributed by atoms with Crippen molar-refractivity contribution in [3.05, 3.63) is 53.7 Å². The van der Waals surface area contributed by atoms with E-state index in [1.54, 1.807) is 0 Å². The van der Waals surface area contributed by atoms with Gasteiger partial charge in [-0.15, -0.1) is 10.2 Å². The lowest BCUT2D eigenvalue weighted by atomic mass is 9.90. The molecule has 1 aromatic heterocycles. The van der Waals surface area contributed by atoms with Gasteiger partial charge in [0, 0.05) is 39.3 Å². The van der Waals surface area contributed by atoms with Gasteiger partial charge in [-0.05, 0) is 49.9 Å². The van der Waals surface area contributed by atoms with Crippen molar-refractivity contribution in [1.82, 2.24) is 20.0 Å². The molecule has 2 saturated heterocycles. The van der Waals surface area contributed by atoms with E-state index < -0.39 is 0 Å². The van der Waals surface area contributed by atoms with E-state index >= 15 is 0 Å². The standard InChI is InChI=1S/C22H29N5O/c1-25-13-15-27(16-14-25)22(28)20-7-8-21(24-23-20)26-11-9-19(10-12-26)17-18-5-3-2-4-6-18/h2-8,19H,9-17H2,1H3. The van der Waals surface area contributed by atoms with Crippen LogP contribution in [0.2, 0.25) is 0 Å². The molecular formula is C22H29N5O. The van der Waals surface area contributed by atoms with Crippen LogP contribution in [0.3, 0.4) is 0 Å². The second-order valence-corrected chi connectivity index (χ2v) is 7.99. The number of nitrogens with zero attached hydrogens (tertiary/aromatic N) is 5. The van der Waals surface area contributed by atoms with Crippen molar-refractivity contribution >= 4 is 11.7 Å². The number of likely N-dealkylation sites (N-methyl/N-ethyl adjacent to an activating group) is 1. The molecule has 1 amide bonds. The van der Waals surface area contributed by atoms with Gasteiger partial charge in [-0.25, -0.2) is 0 Å². The van der Waals surface area contributed by atoms with Gasteiger partial charge in [-0.1, -0.05) is 30.3 Å². The van der Waals surface area contributed by atoms with Gasteiger partial charge < -0.3 is 14.7 Å². The smallest absolute Gasteiger partial charge is 0.274 e. The fourth-order valence-electron chi connectivity index (χ4n) is 4.09. The Morgan fingerprint density at radius 3 is 2.29 bits per heavy atom. The van der Waals surface area contributed by atoms with Gasteiger partial charge in [-0.3, -0.25) is 4.79 Å². The Labute approximate surface area is 167 Å². The molecule has 1 aromatic carbocycles. The van der Waals surface area contributed by atoms with Gasteiger partial charge in [0.05, 0.1) is 0 Å². The van der Waals surface area contributed by atoms with Crippen molar-refractivity contribution in [1.29, 1.82) is 0 Å². The van der Waals surface area contributed by atoms with E-state index in [1.165, 1.54) is 18.4 Å². The minimum atomic E-state index is -0.00582. The molecule has 0 saturated carbocycles. The zero-order chi connectivity index (χ0) is 19.3. The molecule has 6 nitrogen and oxygen atoms in total. The van der Waals surface area contributed by atoms with Crippen LogP contribution < -0.4 is 4.90 Å². The highest BCUT2D eigenvalue weighted by molar-refractivity contribution is 5.92. The van der Waals surface area contributed by atoms with E-state index in [-0.39, 0.29) is 5.91 Å². The first-order valence-electron chi connectivity index (χ1n) is 10.3. The molecule has 0 atom stereocenters. The molecular weight excluding hydrogens is 350 g/mol. The minimum Gasteiger partial charge on any atom is -0.355 e. The number of anilines is 1. The number of hydrogen-bond acceptors (Lipinski definition) is 5. The lowest BCUT2D eigenvalue weighted by Crippen LogP contribution is -2.47. The average molecular weight is 380 g/mol. The van der Waals surface area contributed by atoms with Crippen LogP contribution in [0.15, 0.2) is 42.5 Å². The molecule has 0 bridgehead atoms. The molecule has 0 radical (unpaired) electrons. The summed E-state index contributed by atoms with van der Waals surface area (Å²) in [5.41, 5.74) is 1.87. The van der Waals surface area contributed by atoms with Gasteiger partial charge in [0.25, 0.3) is 5.91 Å². The first kappa shape index (κ1) is 18.9. The molecule has 0 aliphatic carbocycles. The molecule has 2 aliphatic rings.